The number of hydrogen-bond acceptors (Lipinski definition) is 6. The lowest BCUT2D eigenvalue weighted by molar-refractivity contribution is 0.135. The highest BCUT2D eigenvalue weighted by Gasteiger charge is 2.09. The van der Waals surface area contributed by atoms with Crippen molar-refractivity contribution in [3.05, 3.63) is 70.0 Å². The highest BCUT2D eigenvalue weighted by Crippen LogP contribution is 2.18. The number of nitrogens with one attached hydrogen (secondary N) is 4. The molecule has 196 valence electrons. The van der Waals surface area contributed by atoms with E-state index in [0.29, 0.717) is 0 Å². The quantitative estimate of drug-likeness (QED) is 0.0516. The summed E-state index contributed by atoms with van der Waals surface area (Å²) in [6.07, 6.45) is 13.2. The predicted octanol–water partition coefficient (Wildman–Crippen LogP) is 5.88. The Kier molecular flexibility index (Phi) is 18.4. The zero-order valence-electron chi connectivity index (χ0n) is 22.0. The smallest absolute Gasteiger partial charge is 0.145 e. The highest BCUT2D eigenvalue weighted by atomic mass is 79.9. The maximum absolute atomic E-state index is 10.1. The predicted molar refractivity (Wildman–Crippen MR) is 159 cm³/mol. The van der Waals surface area contributed by atoms with Crippen LogP contribution in [-0.4, -0.2) is 35.1 Å². The van der Waals surface area contributed by atoms with Crippen LogP contribution in [-0.2, 0) is 0 Å². The molecule has 36 heavy (non-hydrogen) atoms. The summed E-state index contributed by atoms with van der Waals surface area (Å²) >= 11 is 3.23. The number of para-hydroxylation sites is 1. The lowest BCUT2D eigenvalue weighted by atomic mass is 10.1. The molecule has 1 aromatic heterocycles. The summed E-state index contributed by atoms with van der Waals surface area (Å²) in [5.74, 6) is 2.30. The fraction of sp³-hybridized carbons (Fsp3) is 0.357. The van der Waals surface area contributed by atoms with Crippen molar-refractivity contribution in [2.24, 2.45) is 10.8 Å². The van der Waals surface area contributed by atoms with Gasteiger partial charge in [0, 0.05) is 18.3 Å². The van der Waals surface area contributed by atoms with Crippen LogP contribution in [0, 0.1) is 17.8 Å². The Morgan fingerprint density at radius 3 is 2.56 bits per heavy atom. The number of benzene rings is 1. The van der Waals surface area contributed by atoms with E-state index in [0.717, 1.165) is 58.2 Å². The van der Waals surface area contributed by atoms with Crippen LogP contribution >= 0.6 is 15.9 Å². The van der Waals surface area contributed by atoms with Gasteiger partial charge in [0.15, 0.2) is 0 Å². The maximum Gasteiger partial charge on any atom is 0.145 e. The van der Waals surface area contributed by atoms with Crippen LogP contribution in [0.1, 0.15) is 59.4 Å². The van der Waals surface area contributed by atoms with E-state index >= 15 is 0 Å². The van der Waals surface area contributed by atoms with Gasteiger partial charge in [-0.25, -0.2) is 0 Å². The number of aromatic nitrogens is 1. The molecule has 7 N–H and O–H groups in total. The van der Waals surface area contributed by atoms with Gasteiger partial charge in [0.2, 0.25) is 0 Å². The third-order valence-corrected chi connectivity index (χ3v) is 5.33. The van der Waals surface area contributed by atoms with Crippen LogP contribution in [0.25, 0.3) is 10.9 Å². The first kappa shape index (κ1) is 32.9. The third kappa shape index (κ3) is 13.1. The Labute approximate surface area is 224 Å². The number of nitrogens with two attached hydrogens (primary N) is 1. The van der Waals surface area contributed by atoms with Crippen LogP contribution < -0.4 is 16.5 Å². The number of allylic oxidation sites excluding steroid dienone is 5. The van der Waals surface area contributed by atoms with E-state index in [1.807, 2.05) is 77.1 Å². The number of halogens is 1. The number of hydrogen-bond donors (Lipinski definition) is 6. The highest BCUT2D eigenvalue weighted by molar-refractivity contribution is 9.12. The molecular formula is C28H41BrN6O. The Morgan fingerprint density at radius 2 is 1.94 bits per heavy atom. The number of aliphatic hydroxyl groups excluding tert-OH is 1. The largest absolute Gasteiger partial charge is 0.404 e. The normalized spacial score (nSPS) is 12.8. The molecule has 0 amide bonds. The van der Waals surface area contributed by atoms with Crippen molar-refractivity contribution in [1.29, 1.82) is 5.41 Å². The van der Waals surface area contributed by atoms with Crippen LogP contribution in [0.2, 0.25) is 0 Å². The molecule has 1 atom stereocenters. The molecule has 1 unspecified atom stereocenters. The zero-order valence-corrected chi connectivity index (χ0v) is 23.6. The van der Waals surface area contributed by atoms with Crippen molar-refractivity contribution in [2.45, 2.75) is 53.7 Å². The molecule has 0 aliphatic heterocycles. The molecule has 2 rings (SSSR count). The minimum atomic E-state index is -0.681. The van der Waals surface area contributed by atoms with Gasteiger partial charge < -0.3 is 21.2 Å². The molecule has 0 spiro atoms. The number of hydrazone groups is 1. The summed E-state index contributed by atoms with van der Waals surface area (Å²) in [7, 11) is 0. The van der Waals surface area contributed by atoms with Gasteiger partial charge in [0.05, 0.1) is 16.4 Å². The van der Waals surface area contributed by atoms with Crippen molar-refractivity contribution in [3.63, 3.8) is 0 Å². The second-order valence-electron chi connectivity index (χ2n) is 7.42. The van der Waals surface area contributed by atoms with Crippen LogP contribution in [0.15, 0.2) is 69.4 Å². The van der Waals surface area contributed by atoms with E-state index in [-0.39, 0.29) is 5.71 Å². The second-order valence-corrected chi connectivity index (χ2v) is 8.34. The van der Waals surface area contributed by atoms with E-state index in [1.54, 1.807) is 6.21 Å². The molecule has 0 saturated carbocycles. The SMILES string of the molecule is C#CC(=N)/C(C)=C(C)/C=C\C.CC.N/C=C(Br)\C=N/NCCCCNC(O)c1cc2ccccc2[nH]1. The van der Waals surface area contributed by atoms with Crippen molar-refractivity contribution < 1.29 is 5.11 Å². The summed E-state index contributed by atoms with van der Waals surface area (Å²) in [6.45, 7) is 11.2. The Balaban J connectivity index is 0.000000796. The number of H-pyrrole nitrogens is 1. The fourth-order valence-corrected chi connectivity index (χ4v) is 2.92. The Hall–Kier alpha value is -3.12. The van der Waals surface area contributed by atoms with E-state index in [4.69, 9.17) is 17.6 Å². The van der Waals surface area contributed by atoms with Gasteiger partial charge in [0.25, 0.3) is 0 Å². The lowest BCUT2D eigenvalue weighted by Crippen LogP contribution is -2.23. The molecule has 0 fully saturated rings. The van der Waals surface area contributed by atoms with Crippen LogP contribution in [0.4, 0.5) is 0 Å². The molecule has 8 heteroatoms. The molecule has 2 aromatic rings. The monoisotopic (exact) mass is 556 g/mol. The van der Waals surface area contributed by atoms with E-state index in [2.05, 4.69) is 42.7 Å². The fourth-order valence-electron chi connectivity index (χ4n) is 2.82. The van der Waals surface area contributed by atoms with Crippen molar-refractivity contribution in [3.8, 4) is 12.3 Å². The molecule has 7 nitrogen and oxygen atoms in total. The molecule has 1 heterocycles. The number of rotatable bonds is 11. The first-order valence-electron chi connectivity index (χ1n) is 12.0. The van der Waals surface area contributed by atoms with E-state index in [1.165, 1.54) is 6.20 Å². The summed E-state index contributed by atoms with van der Waals surface area (Å²) < 4.78 is 0.730. The van der Waals surface area contributed by atoms with E-state index < -0.39 is 6.23 Å². The zero-order chi connectivity index (χ0) is 27.3. The van der Waals surface area contributed by atoms with Gasteiger partial charge in [0.1, 0.15) is 11.9 Å². The van der Waals surface area contributed by atoms with Crippen molar-refractivity contribution in [2.75, 3.05) is 13.1 Å². The van der Waals surface area contributed by atoms with Gasteiger partial charge in [-0.05, 0) is 84.8 Å². The van der Waals surface area contributed by atoms with Crippen LogP contribution in [0.5, 0.6) is 0 Å². The van der Waals surface area contributed by atoms with Crippen LogP contribution in [0.3, 0.4) is 0 Å². The van der Waals surface area contributed by atoms with Gasteiger partial charge >= 0.3 is 0 Å². The maximum atomic E-state index is 10.1. The third-order valence-electron chi connectivity index (χ3n) is 4.86. The lowest BCUT2D eigenvalue weighted by Gasteiger charge is -2.11. The Bertz CT molecular complexity index is 1040. The molecule has 0 aliphatic carbocycles. The number of nitrogens with zero attached hydrogens (tertiary/aromatic N) is 1. The number of aromatic amines is 1. The number of aliphatic hydroxyl groups is 1. The minimum Gasteiger partial charge on any atom is -0.404 e. The second kappa shape index (κ2) is 20.1. The minimum absolute atomic E-state index is 0.264. The summed E-state index contributed by atoms with van der Waals surface area (Å²) in [5.41, 5.74) is 12.2. The summed E-state index contributed by atoms with van der Waals surface area (Å²) in [5, 5.41) is 25.7. The Morgan fingerprint density at radius 1 is 1.28 bits per heavy atom. The molecular weight excluding hydrogens is 516 g/mol. The average Bonchev–Trinajstić information content (AvgIpc) is 3.35. The van der Waals surface area contributed by atoms with Gasteiger partial charge in [-0.3, -0.25) is 10.7 Å². The number of unbranched alkanes of at least 4 members (excludes halogenated alkanes) is 1. The average molecular weight is 558 g/mol. The number of fused-ring (bicyclic) bond motifs is 1. The summed E-state index contributed by atoms with van der Waals surface area (Å²) in [6, 6.07) is 9.94. The van der Waals surface area contributed by atoms with Crippen molar-refractivity contribution in [1.82, 2.24) is 15.7 Å². The molecule has 0 bridgehead atoms. The molecule has 0 saturated heterocycles. The molecule has 0 radical (unpaired) electrons. The number of terminal acetylenes is 1. The molecule has 1 aromatic carbocycles. The van der Waals surface area contributed by atoms with Gasteiger partial charge in [-0.15, -0.1) is 6.42 Å². The molecule has 0 aliphatic rings. The van der Waals surface area contributed by atoms with Gasteiger partial charge in [-0.2, -0.15) is 5.10 Å². The van der Waals surface area contributed by atoms with Crippen molar-refractivity contribution >= 4 is 38.8 Å². The van der Waals surface area contributed by atoms with E-state index in [9.17, 15) is 5.11 Å². The van der Waals surface area contributed by atoms with Gasteiger partial charge in [-0.1, -0.05) is 50.1 Å². The summed E-state index contributed by atoms with van der Waals surface area (Å²) in [4.78, 5) is 3.22. The topological polar surface area (TPSA) is 122 Å². The first-order valence-corrected chi connectivity index (χ1v) is 12.8. The first-order chi connectivity index (χ1) is 17.3. The standard InChI is InChI=1S/C16H22BrN5O.C10H13N.C2H6/c17-13(10-18)11-21-20-8-4-3-7-19-16(23)15-9-12-5-1-2-6-14(12)22-15;1-5-7-8(3)9(4)10(11)6-2;1-2/h1-2,5-6,9-11,16,19-20,22-23H,3-4,7-8,18H2;2,5,7,11H,1,3-4H3;1-2H3/b13-10+,21-11-;7-5-,9-8+,11-10?;.